The van der Waals surface area contributed by atoms with Crippen LogP contribution in [0.2, 0.25) is 0 Å². The average Bonchev–Trinajstić information content (AvgIpc) is 2.77. The van der Waals surface area contributed by atoms with Crippen LogP contribution in [0.4, 0.5) is 0 Å². The van der Waals surface area contributed by atoms with Gasteiger partial charge in [0.25, 0.3) is 11.5 Å². The minimum atomic E-state index is -1.00. The van der Waals surface area contributed by atoms with E-state index in [9.17, 15) is 14.4 Å². The molecular weight excluding hydrogens is 258 g/mol. The van der Waals surface area contributed by atoms with E-state index in [1.807, 2.05) is 0 Å². The molecule has 0 saturated heterocycles. The number of hydrogen-bond acceptors (Lipinski definition) is 5. The van der Waals surface area contributed by atoms with Gasteiger partial charge >= 0.3 is 5.97 Å². The highest BCUT2D eigenvalue weighted by Gasteiger charge is 2.19. The first kappa shape index (κ1) is 12.6. The van der Waals surface area contributed by atoms with Gasteiger partial charge in [0, 0.05) is 25.0 Å². The first-order chi connectivity index (χ1) is 8.59. The summed E-state index contributed by atoms with van der Waals surface area (Å²) >= 11 is 1.47. The number of rotatable bonds is 4. The number of fused-ring (bicyclic) bond motifs is 1. The number of thioether (sulfide) groups is 1. The SMILES string of the molecule is O=C(O)CCNC(=O)c1cnc2n(c1=O)CCS2. The Morgan fingerprint density at radius 1 is 1.56 bits per heavy atom. The van der Waals surface area contributed by atoms with Gasteiger partial charge in [-0.2, -0.15) is 0 Å². The van der Waals surface area contributed by atoms with E-state index < -0.39 is 11.9 Å². The molecule has 0 bridgehead atoms. The molecule has 0 radical (unpaired) electrons. The van der Waals surface area contributed by atoms with Crippen molar-refractivity contribution in [1.82, 2.24) is 14.9 Å². The van der Waals surface area contributed by atoms with Crippen molar-refractivity contribution in [2.75, 3.05) is 12.3 Å². The number of amides is 1. The molecule has 1 aliphatic heterocycles. The summed E-state index contributed by atoms with van der Waals surface area (Å²) in [4.78, 5) is 38.0. The highest BCUT2D eigenvalue weighted by atomic mass is 32.2. The summed E-state index contributed by atoms with van der Waals surface area (Å²) in [7, 11) is 0. The zero-order valence-corrected chi connectivity index (χ0v) is 10.2. The van der Waals surface area contributed by atoms with Crippen molar-refractivity contribution in [2.24, 2.45) is 0 Å². The second-order valence-electron chi connectivity index (χ2n) is 3.66. The Hall–Kier alpha value is -1.83. The molecule has 18 heavy (non-hydrogen) atoms. The fraction of sp³-hybridized carbons (Fsp3) is 0.400. The number of aromatic nitrogens is 2. The van der Waals surface area contributed by atoms with Crippen molar-refractivity contribution in [3.8, 4) is 0 Å². The van der Waals surface area contributed by atoms with Gasteiger partial charge in [0.15, 0.2) is 5.16 Å². The summed E-state index contributed by atoms with van der Waals surface area (Å²) < 4.78 is 1.46. The Labute approximate surface area is 106 Å². The molecule has 0 aromatic carbocycles. The zero-order valence-electron chi connectivity index (χ0n) is 9.38. The normalized spacial score (nSPS) is 13.1. The van der Waals surface area contributed by atoms with Crippen molar-refractivity contribution >= 4 is 23.6 Å². The largest absolute Gasteiger partial charge is 0.481 e. The standard InChI is InChI=1S/C10H11N3O4S/c14-7(15)1-2-11-8(16)6-5-12-10-13(9(6)17)3-4-18-10/h5H,1-4H2,(H,11,16)(H,14,15). The minimum Gasteiger partial charge on any atom is -0.481 e. The molecule has 0 fully saturated rings. The van der Waals surface area contributed by atoms with Crippen molar-refractivity contribution < 1.29 is 14.7 Å². The van der Waals surface area contributed by atoms with Gasteiger partial charge in [-0.05, 0) is 0 Å². The van der Waals surface area contributed by atoms with E-state index in [-0.39, 0.29) is 24.1 Å². The predicted molar refractivity (Wildman–Crippen MR) is 63.8 cm³/mol. The lowest BCUT2D eigenvalue weighted by atomic mass is 10.3. The molecule has 1 aliphatic rings. The third-order valence-electron chi connectivity index (χ3n) is 2.43. The highest BCUT2D eigenvalue weighted by molar-refractivity contribution is 7.99. The average molecular weight is 269 g/mol. The van der Waals surface area contributed by atoms with Crippen molar-refractivity contribution in [3.05, 3.63) is 22.1 Å². The van der Waals surface area contributed by atoms with E-state index in [2.05, 4.69) is 10.3 Å². The molecule has 0 spiro atoms. The number of hydrogen-bond donors (Lipinski definition) is 2. The van der Waals surface area contributed by atoms with Crippen LogP contribution in [0.5, 0.6) is 0 Å². The van der Waals surface area contributed by atoms with Gasteiger partial charge in [-0.25, -0.2) is 4.98 Å². The van der Waals surface area contributed by atoms with Gasteiger partial charge in [0.2, 0.25) is 0 Å². The Morgan fingerprint density at radius 3 is 3.06 bits per heavy atom. The number of carboxylic acid groups (broad SMARTS) is 1. The maximum atomic E-state index is 11.9. The first-order valence-corrected chi connectivity index (χ1v) is 6.31. The van der Waals surface area contributed by atoms with Crippen molar-refractivity contribution in [1.29, 1.82) is 0 Å². The smallest absolute Gasteiger partial charge is 0.305 e. The van der Waals surface area contributed by atoms with Crippen molar-refractivity contribution in [2.45, 2.75) is 18.1 Å². The Morgan fingerprint density at radius 2 is 2.33 bits per heavy atom. The zero-order chi connectivity index (χ0) is 13.1. The molecule has 0 aliphatic carbocycles. The second kappa shape index (κ2) is 5.21. The summed E-state index contributed by atoms with van der Waals surface area (Å²) in [6, 6.07) is 0. The van der Waals surface area contributed by atoms with Gasteiger partial charge in [-0.1, -0.05) is 11.8 Å². The van der Waals surface area contributed by atoms with Crippen LogP contribution in [0.3, 0.4) is 0 Å². The minimum absolute atomic E-state index is 0.00981. The number of carbonyl (C=O) groups excluding carboxylic acids is 1. The van der Waals surface area contributed by atoms with E-state index in [0.717, 1.165) is 5.75 Å². The third kappa shape index (κ3) is 2.53. The van der Waals surface area contributed by atoms with Crippen LogP contribution in [0.25, 0.3) is 0 Å². The number of nitrogens with zero attached hydrogens (tertiary/aromatic N) is 2. The Bertz CT molecular complexity index is 555. The second-order valence-corrected chi connectivity index (χ2v) is 4.72. The lowest BCUT2D eigenvalue weighted by Gasteiger charge is -2.05. The molecule has 0 saturated carbocycles. The van der Waals surface area contributed by atoms with Crippen LogP contribution < -0.4 is 10.9 Å². The Balaban J connectivity index is 2.12. The summed E-state index contributed by atoms with van der Waals surface area (Å²) in [5.41, 5.74) is -0.426. The van der Waals surface area contributed by atoms with E-state index in [1.54, 1.807) is 0 Å². The quantitative estimate of drug-likeness (QED) is 0.718. The number of aliphatic carboxylic acids is 1. The lowest BCUT2D eigenvalue weighted by molar-refractivity contribution is -0.136. The topological polar surface area (TPSA) is 101 Å². The Kier molecular flexibility index (Phi) is 3.66. The molecule has 0 unspecified atom stereocenters. The number of carbonyl (C=O) groups is 2. The predicted octanol–water partition coefficient (Wildman–Crippen LogP) is -0.447. The maximum Gasteiger partial charge on any atom is 0.305 e. The fourth-order valence-electron chi connectivity index (χ4n) is 1.55. The molecule has 1 aromatic heterocycles. The van der Waals surface area contributed by atoms with Gasteiger partial charge in [0.1, 0.15) is 5.56 Å². The fourth-order valence-corrected chi connectivity index (χ4v) is 2.47. The van der Waals surface area contributed by atoms with Crippen LogP contribution in [0.15, 0.2) is 16.1 Å². The lowest BCUT2D eigenvalue weighted by Crippen LogP contribution is -2.34. The van der Waals surface area contributed by atoms with Crippen LogP contribution in [-0.2, 0) is 11.3 Å². The van der Waals surface area contributed by atoms with Crippen LogP contribution in [-0.4, -0.2) is 38.8 Å². The number of carboxylic acids is 1. The van der Waals surface area contributed by atoms with Crippen LogP contribution in [0, 0.1) is 0 Å². The maximum absolute atomic E-state index is 11.9. The van der Waals surface area contributed by atoms with Gasteiger partial charge in [-0.15, -0.1) is 0 Å². The molecule has 1 amide bonds. The van der Waals surface area contributed by atoms with E-state index >= 15 is 0 Å². The van der Waals surface area contributed by atoms with E-state index in [0.29, 0.717) is 11.7 Å². The van der Waals surface area contributed by atoms with Gasteiger partial charge in [0.05, 0.1) is 6.42 Å². The molecule has 1 aromatic rings. The third-order valence-corrected chi connectivity index (χ3v) is 3.40. The molecular formula is C10H11N3O4S. The molecule has 2 N–H and O–H groups in total. The monoisotopic (exact) mass is 269 g/mol. The van der Waals surface area contributed by atoms with Crippen LogP contribution in [0.1, 0.15) is 16.8 Å². The summed E-state index contributed by atoms with van der Waals surface area (Å²) in [6.45, 7) is 0.534. The van der Waals surface area contributed by atoms with Crippen molar-refractivity contribution in [3.63, 3.8) is 0 Å². The molecule has 0 atom stereocenters. The molecule has 8 heteroatoms. The van der Waals surface area contributed by atoms with Gasteiger partial charge < -0.3 is 10.4 Å². The van der Waals surface area contributed by atoms with Crippen LogP contribution >= 0.6 is 11.8 Å². The van der Waals surface area contributed by atoms with E-state index in [4.69, 9.17) is 5.11 Å². The summed E-state index contributed by atoms with van der Waals surface area (Å²) in [6.07, 6.45) is 1.06. The highest BCUT2D eigenvalue weighted by Crippen LogP contribution is 2.20. The number of nitrogens with one attached hydrogen (secondary N) is 1. The van der Waals surface area contributed by atoms with E-state index in [1.165, 1.54) is 22.5 Å². The molecule has 96 valence electrons. The molecule has 2 heterocycles. The summed E-state index contributed by atoms with van der Waals surface area (Å²) in [5.74, 6) is -0.816. The first-order valence-electron chi connectivity index (χ1n) is 5.32. The summed E-state index contributed by atoms with van der Waals surface area (Å²) in [5, 5.41) is 11.4. The van der Waals surface area contributed by atoms with Gasteiger partial charge in [-0.3, -0.25) is 19.0 Å². The molecule has 2 rings (SSSR count). The molecule has 7 nitrogen and oxygen atoms in total.